The van der Waals surface area contributed by atoms with Crippen molar-refractivity contribution in [1.29, 1.82) is 0 Å². The predicted molar refractivity (Wildman–Crippen MR) is 40.0 cm³/mol. The van der Waals surface area contributed by atoms with E-state index in [1.165, 1.54) is 0 Å². The Labute approximate surface area is 74.3 Å². The van der Waals surface area contributed by atoms with Crippen molar-refractivity contribution < 1.29 is 18.0 Å². The smallest absolute Gasteiger partial charge is 0.261 e. The summed E-state index contributed by atoms with van der Waals surface area (Å²) in [6, 6.07) is -1.32. The molecule has 2 fully saturated rings. The Hall–Kier alpha value is -0.540. The second-order valence-electron chi connectivity index (χ2n) is 4.26. The van der Waals surface area contributed by atoms with Crippen LogP contribution in [-0.4, -0.2) is 12.0 Å². The average molecular weight is 192 g/mol. The summed E-state index contributed by atoms with van der Waals surface area (Å²) >= 11 is 0. The maximum Gasteiger partial charge on any atom is 0.304 e. The third kappa shape index (κ3) is 1.58. The number of fused-ring (bicyclic) bond motifs is 1. The first-order chi connectivity index (χ1) is 5.98. The van der Waals surface area contributed by atoms with Crippen molar-refractivity contribution in [3.05, 3.63) is 0 Å². The van der Waals surface area contributed by atoms with Gasteiger partial charge in [0.05, 0.1) is 5.92 Å². The fourth-order valence-electron chi connectivity index (χ4n) is 2.75. The highest BCUT2D eigenvalue weighted by molar-refractivity contribution is 5.71. The Balaban J connectivity index is 2.01. The standard InChI is InChI=1S/C9H11F3O/c10-8(13)5-1-6-3-9(11,12)4-7(6)2-5/h5-7H,1-4H2/t5-,6-,7+. The van der Waals surface area contributed by atoms with Crippen LogP contribution in [-0.2, 0) is 4.79 Å². The Morgan fingerprint density at radius 2 is 1.62 bits per heavy atom. The molecule has 0 bridgehead atoms. The minimum absolute atomic E-state index is 0.125. The molecular weight excluding hydrogens is 181 g/mol. The molecule has 1 nitrogen and oxygen atoms in total. The van der Waals surface area contributed by atoms with Crippen LogP contribution in [0.25, 0.3) is 0 Å². The van der Waals surface area contributed by atoms with Gasteiger partial charge in [0, 0.05) is 12.8 Å². The van der Waals surface area contributed by atoms with Gasteiger partial charge in [-0.15, -0.1) is 0 Å². The molecule has 0 N–H and O–H groups in total. The normalized spacial score (nSPS) is 41.9. The van der Waals surface area contributed by atoms with Crippen molar-refractivity contribution in [3.63, 3.8) is 0 Å². The highest BCUT2D eigenvalue weighted by Crippen LogP contribution is 2.53. The van der Waals surface area contributed by atoms with Crippen LogP contribution in [0.3, 0.4) is 0 Å². The topological polar surface area (TPSA) is 17.1 Å². The van der Waals surface area contributed by atoms with E-state index in [2.05, 4.69) is 0 Å². The number of hydrogen-bond donors (Lipinski definition) is 0. The predicted octanol–water partition coefficient (Wildman–Crippen LogP) is 2.55. The highest BCUT2D eigenvalue weighted by atomic mass is 19.3. The van der Waals surface area contributed by atoms with E-state index < -0.39 is 17.9 Å². The van der Waals surface area contributed by atoms with Crippen molar-refractivity contribution in [2.45, 2.75) is 31.6 Å². The Bertz CT molecular complexity index is 223. The molecule has 2 saturated carbocycles. The zero-order valence-electron chi connectivity index (χ0n) is 7.10. The summed E-state index contributed by atoms with van der Waals surface area (Å²) in [5.41, 5.74) is 0. The van der Waals surface area contributed by atoms with Crippen molar-refractivity contribution in [2.75, 3.05) is 0 Å². The van der Waals surface area contributed by atoms with Gasteiger partial charge in [0.2, 0.25) is 5.92 Å². The third-order valence-electron chi connectivity index (χ3n) is 3.28. The van der Waals surface area contributed by atoms with Crippen LogP contribution >= 0.6 is 0 Å². The molecule has 0 aromatic carbocycles. The lowest BCUT2D eigenvalue weighted by Gasteiger charge is -2.10. The lowest BCUT2D eigenvalue weighted by atomic mass is 10.0. The Kier molecular flexibility index (Phi) is 1.89. The maximum absolute atomic E-state index is 12.8. The van der Waals surface area contributed by atoms with Crippen molar-refractivity contribution >= 4 is 6.04 Å². The summed E-state index contributed by atoms with van der Waals surface area (Å²) in [6.07, 6.45) is 0.355. The third-order valence-corrected chi connectivity index (χ3v) is 3.28. The van der Waals surface area contributed by atoms with E-state index in [9.17, 15) is 18.0 Å². The molecule has 2 aliphatic rings. The van der Waals surface area contributed by atoms with Crippen molar-refractivity contribution in [1.82, 2.24) is 0 Å². The van der Waals surface area contributed by atoms with E-state index in [1.807, 2.05) is 0 Å². The molecule has 2 aliphatic carbocycles. The minimum Gasteiger partial charge on any atom is -0.261 e. The van der Waals surface area contributed by atoms with Crippen molar-refractivity contribution in [2.24, 2.45) is 17.8 Å². The van der Waals surface area contributed by atoms with Crippen molar-refractivity contribution in [3.8, 4) is 0 Å². The van der Waals surface area contributed by atoms with Crippen LogP contribution in [0.2, 0.25) is 0 Å². The molecule has 0 aromatic heterocycles. The molecule has 74 valence electrons. The highest BCUT2D eigenvalue weighted by Gasteiger charge is 2.51. The van der Waals surface area contributed by atoms with Gasteiger partial charge in [-0.2, -0.15) is 4.39 Å². The van der Waals surface area contributed by atoms with Gasteiger partial charge in [0.25, 0.3) is 0 Å². The van der Waals surface area contributed by atoms with Gasteiger partial charge in [-0.05, 0) is 24.7 Å². The summed E-state index contributed by atoms with van der Waals surface area (Å²) in [7, 11) is 0. The van der Waals surface area contributed by atoms with Gasteiger partial charge in [-0.3, -0.25) is 4.79 Å². The molecule has 0 saturated heterocycles. The van der Waals surface area contributed by atoms with Gasteiger partial charge in [-0.25, -0.2) is 8.78 Å². The second-order valence-corrected chi connectivity index (χ2v) is 4.26. The number of hydrogen-bond acceptors (Lipinski definition) is 1. The summed E-state index contributed by atoms with van der Waals surface area (Å²) < 4.78 is 37.9. The van der Waals surface area contributed by atoms with Crippen LogP contribution in [0.4, 0.5) is 13.2 Å². The molecule has 0 amide bonds. The van der Waals surface area contributed by atoms with Gasteiger partial charge in [-0.1, -0.05) is 0 Å². The second kappa shape index (κ2) is 2.72. The molecule has 4 heteroatoms. The molecule has 0 spiro atoms. The van der Waals surface area contributed by atoms with E-state index in [0.29, 0.717) is 12.8 Å². The summed E-state index contributed by atoms with van der Waals surface area (Å²) in [4.78, 5) is 10.4. The molecule has 13 heavy (non-hydrogen) atoms. The molecule has 0 unspecified atom stereocenters. The van der Waals surface area contributed by atoms with Gasteiger partial charge < -0.3 is 0 Å². The lowest BCUT2D eigenvalue weighted by molar-refractivity contribution is -0.133. The molecular formula is C9H11F3O. The zero-order valence-corrected chi connectivity index (χ0v) is 7.10. The minimum atomic E-state index is -2.57. The Morgan fingerprint density at radius 3 is 2.00 bits per heavy atom. The van der Waals surface area contributed by atoms with E-state index in [-0.39, 0.29) is 24.7 Å². The fourth-order valence-corrected chi connectivity index (χ4v) is 2.75. The monoisotopic (exact) mass is 192 g/mol. The first kappa shape index (κ1) is 9.03. The molecule has 0 aromatic rings. The van der Waals surface area contributed by atoms with Crippen LogP contribution in [0, 0.1) is 17.8 Å². The van der Waals surface area contributed by atoms with Gasteiger partial charge in [0.15, 0.2) is 0 Å². The van der Waals surface area contributed by atoms with E-state index >= 15 is 0 Å². The summed E-state index contributed by atoms with van der Waals surface area (Å²) in [5.74, 6) is -3.41. The summed E-state index contributed by atoms with van der Waals surface area (Å²) in [6.45, 7) is 0. The summed E-state index contributed by atoms with van der Waals surface area (Å²) in [5, 5.41) is 0. The maximum atomic E-state index is 12.8. The largest absolute Gasteiger partial charge is 0.304 e. The van der Waals surface area contributed by atoms with E-state index in [0.717, 1.165) is 0 Å². The SMILES string of the molecule is O=C(F)[C@@H]1C[C@@H]2CC(F)(F)C[C@@H]2C1. The molecule has 0 heterocycles. The molecule has 0 radical (unpaired) electrons. The van der Waals surface area contributed by atoms with E-state index in [1.54, 1.807) is 0 Å². The average Bonchev–Trinajstić information content (AvgIpc) is 2.39. The number of rotatable bonds is 1. The first-order valence-corrected chi connectivity index (χ1v) is 4.55. The van der Waals surface area contributed by atoms with Crippen LogP contribution in [0.1, 0.15) is 25.7 Å². The number of halogens is 3. The van der Waals surface area contributed by atoms with Crippen LogP contribution in [0.15, 0.2) is 0 Å². The lowest BCUT2D eigenvalue weighted by Crippen LogP contribution is -2.14. The fraction of sp³-hybridized carbons (Fsp3) is 0.889. The number of carbonyl (C=O) groups excluding carboxylic acids is 1. The van der Waals surface area contributed by atoms with Crippen LogP contribution < -0.4 is 0 Å². The molecule has 2 rings (SSSR count). The Morgan fingerprint density at radius 1 is 1.15 bits per heavy atom. The first-order valence-electron chi connectivity index (χ1n) is 4.55. The molecule has 3 atom stereocenters. The van der Waals surface area contributed by atoms with Crippen LogP contribution in [0.5, 0.6) is 0 Å². The van der Waals surface area contributed by atoms with E-state index in [4.69, 9.17) is 0 Å². The van der Waals surface area contributed by atoms with Gasteiger partial charge >= 0.3 is 6.04 Å². The molecule has 0 aliphatic heterocycles. The quantitative estimate of drug-likeness (QED) is 0.583. The zero-order chi connectivity index (χ0) is 9.64. The van der Waals surface area contributed by atoms with Gasteiger partial charge in [0.1, 0.15) is 0 Å². The number of alkyl halides is 2. The number of carbonyl (C=O) groups is 1.